The highest BCUT2D eigenvalue weighted by Gasteiger charge is 2.09. The number of aromatic nitrogens is 1. The van der Waals surface area contributed by atoms with E-state index in [2.05, 4.69) is 9.72 Å². The van der Waals surface area contributed by atoms with Crippen molar-refractivity contribution in [3.8, 4) is 5.75 Å². The molecule has 4 nitrogen and oxygen atoms in total. The lowest BCUT2D eigenvalue weighted by atomic mass is 10.2. The van der Waals surface area contributed by atoms with E-state index in [4.69, 9.17) is 16.3 Å². The number of carbonyl (C=O) groups is 1. The Morgan fingerprint density at radius 1 is 1.19 bits per heavy atom. The Balaban J connectivity index is 1.92. The van der Waals surface area contributed by atoms with Gasteiger partial charge in [-0.2, -0.15) is 8.78 Å². The summed E-state index contributed by atoms with van der Waals surface area (Å²) in [4.78, 5) is 15.6. The normalized spacial score (nSPS) is 10.5. The van der Waals surface area contributed by atoms with E-state index in [1.807, 2.05) is 0 Å². The monoisotopic (exact) mass is 313 g/mol. The number of halogens is 3. The Morgan fingerprint density at radius 2 is 1.90 bits per heavy atom. The number of rotatable bonds is 5. The van der Waals surface area contributed by atoms with E-state index in [0.29, 0.717) is 10.7 Å². The summed E-state index contributed by atoms with van der Waals surface area (Å²) in [7, 11) is 0. The summed E-state index contributed by atoms with van der Waals surface area (Å²) in [5.74, 6) is -0.600. The highest BCUT2D eigenvalue weighted by molar-refractivity contribution is 6.29. The predicted molar refractivity (Wildman–Crippen MR) is 71.4 cm³/mol. The molecule has 110 valence electrons. The first kappa shape index (κ1) is 15.2. The second-order valence-corrected chi connectivity index (χ2v) is 4.36. The van der Waals surface area contributed by atoms with Gasteiger partial charge >= 0.3 is 12.6 Å². The molecule has 0 bridgehead atoms. The molecule has 0 spiro atoms. The third-order valence-electron chi connectivity index (χ3n) is 2.47. The molecule has 1 aromatic carbocycles. The van der Waals surface area contributed by atoms with E-state index >= 15 is 0 Å². The average molecular weight is 314 g/mol. The molecule has 7 heteroatoms. The van der Waals surface area contributed by atoms with Crippen LogP contribution in [0.25, 0.3) is 0 Å². The number of carbonyl (C=O) groups excluding carboxylic acids is 1. The van der Waals surface area contributed by atoms with Gasteiger partial charge in [-0.25, -0.2) is 9.78 Å². The van der Waals surface area contributed by atoms with Gasteiger partial charge in [-0.3, -0.25) is 0 Å². The van der Waals surface area contributed by atoms with E-state index in [1.165, 1.54) is 30.5 Å². The molecule has 0 radical (unpaired) electrons. The van der Waals surface area contributed by atoms with Crippen molar-refractivity contribution >= 4 is 17.6 Å². The van der Waals surface area contributed by atoms with Crippen molar-refractivity contribution in [1.82, 2.24) is 4.98 Å². The minimum absolute atomic E-state index is 0.0246. The van der Waals surface area contributed by atoms with Crippen molar-refractivity contribution in [2.24, 2.45) is 0 Å². The summed E-state index contributed by atoms with van der Waals surface area (Å²) < 4.78 is 33.2. The Hall–Kier alpha value is -2.21. The van der Waals surface area contributed by atoms with Gasteiger partial charge in [0.15, 0.2) is 0 Å². The van der Waals surface area contributed by atoms with Crippen molar-refractivity contribution in [2.45, 2.75) is 13.2 Å². The number of esters is 1. The van der Waals surface area contributed by atoms with E-state index in [1.54, 1.807) is 12.1 Å². The molecule has 0 saturated carbocycles. The van der Waals surface area contributed by atoms with Crippen molar-refractivity contribution in [1.29, 1.82) is 0 Å². The summed E-state index contributed by atoms with van der Waals surface area (Å²) >= 11 is 5.64. The lowest BCUT2D eigenvalue weighted by molar-refractivity contribution is -0.0498. The minimum Gasteiger partial charge on any atom is -0.457 e. The lowest BCUT2D eigenvalue weighted by Crippen LogP contribution is -2.06. The van der Waals surface area contributed by atoms with Gasteiger partial charge in [-0.15, -0.1) is 0 Å². The van der Waals surface area contributed by atoms with Gasteiger partial charge in [-0.05, 0) is 30.3 Å². The molecule has 0 aliphatic rings. The van der Waals surface area contributed by atoms with Gasteiger partial charge in [0.1, 0.15) is 17.5 Å². The van der Waals surface area contributed by atoms with Crippen molar-refractivity contribution < 1.29 is 23.0 Å². The Labute approximate surface area is 124 Å². The highest BCUT2D eigenvalue weighted by Crippen LogP contribution is 2.16. The standard InChI is InChI=1S/C14H10ClF2NO3/c15-12-6-1-9(7-18-12)8-20-13(19)10-2-4-11(5-3-10)21-14(16)17/h1-7,14H,8H2. The zero-order valence-corrected chi connectivity index (χ0v) is 11.4. The van der Waals surface area contributed by atoms with Crippen LogP contribution < -0.4 is 4.74 Å². The Kier molecular flexibility index (Phi) is 5.05. The van der Waals surface area contributed by atoms with E-state index in [0.717, 1.165) is 0 Å². The van der Waals surface area contributed by atoms with Crippen LogP contribution in [-0.2, 0) is 11.3 Å². The van der Waals surface area contributed by atoms with Crippen molar-refractivity contribution in [2.75, 3.05) is 0 Å². The molecule has 1 heterocycles. The van der Waals surface area contributed by atoms with Crippen LogP contribution in [0, 0.1) is 0 Å². The quantitative estimate of drug-likeness (QED) is 0.624. The fourth-order valence-corrected chi connectivity index (χ4v) is 1.61. The van der Waals surface area contributed by atoms with Gasteiger partial charge in [0.2, 0.25) is 0 Å². The van der Waals surface area contributed by atoms with Crippen LogP contribution in [-0.4, -0.2) is 17.6 Å². The molecule has 0 fully saturated rings. The van der Waals surface area contributed by atoms with Crippen LogP contribution in [0.4, 0.5) is 8.78 Å². The van der Waals surface area contributed by atoms with Gasteiger partial charge in [0.05, 0.1) is 5.56 Å². The minimum atomic E-state index is -2.90. The third-order valence-corrected chi connectivity index (χ3v) is 2.70. The third kappa shape index (κ3) is 4.68. The predicted octanol–water partition coefficient (Wildman–Crippen LogP) is 3.69. The van der Waals surface area contributed by atoms with Crippen LogP contribution >= 0.6 is 11.6 Å². The fraction of sp³-hybridized carbons (Fsp3) is 0.143. The molecule has 21 heavy (non-hydrogen) atoms. The molecule has 0 atom stereocenters. The molecular weight excluding hydrogens is 304 g/mol. The SMILES string of the molecule is O=C(OCc1ccc(Cl)nc1)c1ccc(OC(F)F)cc1. The van der Waals surface area contributed by atoms with Crippen molar-refractivity contribution in [3.05, 3.63) is 58.9 Å². The van der Waals surface area contributed by atoms with Crippen LogP contribution in [0.15, 0.2) is 42.6 Å². The maximum Gasteiger partial charge on any atom is 0.387 e. The number of hydrogen-bond donors (Lipinski definition) is 0. The molecule has 0 aliphatic carbocycles. The van der Waals surface area contributed by atoms with Crippen LogP contribution in [0.3, 0.4) is 0 Å². The largest absolute Gasteiger partial charge is 0.457 e. The second-order valence-electron chi connectivity index (χ2n) is 3.97. The summed E-state index contributed by atoms with van der Waals surface area (Å²) in [5.41, 5.74) is 0.920. The lowest BCUT2D eigenvalue weighted by Gasteiger charge is -2.06. The summed E-state index contributed by atoms with van der Waals surface area (Å²) in [6, 6.07) is 8.50. The Morgan fingerprint density at radius 3 is 2.48 bits per heavy atom. The van der Waals surface area contributed by atoms with Crippen molar-refractivity contribution in [3.63, 3.8) is 0 Å². The first-order valence-electron chi connectivity index (χ1n) is 5.87. The molecule has 1 aromatic heterocycles. The van der Waals surface area contributed by atoms with E-state index in [9.17, 15) is 13.6 Å². The van der Waals surface area contributed by atoms with Gasteiger partial charge in [0, 0.05) is 11.8 Å². The molecule has 0 aliphatic heterocycles. The molecule has 0 N–H and O–H groups in total. The number of hydrogen-bond acceptors (Lipinski definition) is 4. The smallest absolute Gasteiger partial charge is 0.387 e. The molecular formula is C14H10ClF2NO3. The topological polar surface area (TPSA) is 48.4 Å². The zero-order chi connectivity index (χ0) is 15.2. The first-order valence-corrected chi connectivity index (χ1v) is 6.25. The van der Waals surface area contributed by atoms with Crippen LogP contribution in [0.2, 0.25) is 5.15 Å². The zero-order valence-electron chi connectivity index (χ0n) is 10.6. The number of benzene rings is 1. The maximum absolute atomic E-state index is 12.0. The number of nitrogens with zero attached hydrogens (tertiary/aromatic N) is 1. The van der Waals surface area contributed by atoms with E-state index < -0.39 is 12.6 Å². The summed E-state index contributed by atoms with van der Waals surface area (Å²) in [6.07, 6.45) is 1.50. The van der Waals surface area contributed by atoms with Gasteiger partial charge < -0.3 is 9.47 Å². The van der Waals surface area contributed by atoms with Crippen LogP contribution in [0.1, 0.15) is 15.9 Å². The van der Waals surface area contributed by atoms with Gasteiger partial charge in [-0.1, -0.05) is 17.7 Å². The first-order chi connectivity index (χ1) is 10.0. The Bertz CT molecular complexity index is 603. The van der Waals surface area contributed by atoms with E-state index in [-0.39, 0.29) is 17.9 Å². The molecule has 2 rings (SSSR count). The average Bonchev–Trinajstić information content (AvgIpc) is 2.46. The second kappa shape index (κ2) is 6.99. The fourth-order valence-electron chi connectivity index (χ4n) is 1.50. The molecule has 0 unspecified atom stereocenters. The van der Waals surface area contributed by atoms with Gasteiger partial charge in [0.25, 0.3) is 0 Å². The maximum atomic E-state index is 12.0. The molecule has 0 saturated heterocycles. The summed E-state index contributed by atoms with van der Waals surface area (Å²) in [6.45, 7) is -2.86. The number of alkyl halides is 2. The highest BCUT2D eigenvalue weighted by atomic mass is 35.5. The summed E-state index contributed by atoms with van der Waals surface area (Å²) in [5, 5.41) is 0.347. The number of ether oxygens (including phenoxy) is 2. The van der Waals surface area contributed by atoms with Crippen LogP contribution in [0.5, 0.6) is 5.75 Å². The molecule has 0 amide bonds. The molecule has 2 aromatic rings. The number of pyridine rings is 1.